The first-order valence-corrected chi connectivity index (χ1v) is 4.88. The Bertz CT molecular complexity index is 156. The summed E-state index contributed by atoms with van der Waals surface area (Å²) in [6.45, 7) is 5.57. The number of ether oxygens (including phenoxy) is 1. The van der Waals surface area contributed by atoms with Crippen molar-refractivity contribution in [3.8, 4) is 0 Å². The van der Waals surface area contributed by atoms with Crippen LogP contribution in [-0.4, -0.2) is 29.4 Å². The normalized spacial score (nSPS) is 9.50. The number of carbonyl (C=O) groups excluding carboxylic acids is 1. The minimum atomic E-state index is -0.309. The van der Waals surface area contributed by atoms with Crippen molar-refractivity contribution in [2.24, 2.45) is 0 Å². The molecule has 0 heterocycles. The maximum absolute atomic E-state index is 10.8. The molecule has 0 aromatic rings. The van der Waals surface area contributed by atoms with Gasteiger partial charge in [0.05, 0.1) is 6.61 Å². The summed E-state index contributed by atoms with van der Waals surface area (Å²) in [6.07, 6.45) is 0.852. The molecule has 0 aromatic heterocycles. The monoisotopic (exact) mass is 186 g/mol. The van der Waals surface area contributed by atoms with Crippen LogP contribution in [0, 0.1) is 0 Å². The molecular weight excluding hydrogens is 172 g/mol. The maximum Gasteiger partial charge on any atom is 0.333 e. The fourth-order valence-electron chi connectivity index (χ4n) is 0.534. The Morgan fingerprint density at radius 2 is 2.25 bits per heavy atom. The van der Waals surface area contributed by atoms with Gasteiger partial charge in [-0.15, -0.1) is 0 Å². The summed E-state index contributed by atoms with van der Waals surface area (Å²) in [5.74, 6) is -0.309. The predicted octanol–water partition coefficient (Wildman–Crippen LogP) is 1.18. The number of carbonyl (C=O) groups is 1. The third-order valence-electron chi connectivity index (χ3n) is 1.15. The molecule has 0 saturated heterocycles. The number of esters is 1. The average Bonchev–Trinajstić information content (AvgIpc) is 2.03. The first kappa shape index (κ1) is 11.4. The Balaban J connectivity index is 3.20. The summed E-state index contributed by atoms with van der Waals surface area (Å²) < 4.78 is 9.73. The lowest BCUT2D eigenvalue weighted by Crippen LogP contribution is -2.07. The Morgan fingerprint density at radius 3 is 2.75 bits per heavy atom. The lowest BCUT2D eigenvalue weighted by Gasteiger charge is -2.02. The van der Waals surface area contributed by atoms with E-state index in [0.29, 0.717) is 21.9 Å². The first-order valence-electron chi connectivity index (χ1n) is 3.77. The van der Waals surface area contributed by atoms with Crippen LogP contribution in [0.25, 0.3) is 0 Å². The molecule has 2 radical (unpaired) electrons. The van der Waals surface area contributed by atoms with Crippen LogP contribution in [0.5, 0.6) is 0 Å². The Labute approximate surface area is 75.7 Å². The van der Waals surface area contributed by atoms with Crippen LogP contribution >= 0.6 is 0 Å². The molecule has 0 N–H and O–H groups in total. The number of hydrogen-bond donors (Lipinski definition) is 0. The van der Waals surface area contributed by atoms with Crippen molar-refractivity contribution in [2.75, 3.05) is 13.7 Å². The van der Waals surface area contributed by atoms with Crippen molar-refractivity contribution in [3.05, 3.63) is 12.2 Å². The summed E-state index contributed by atoms with van der Waals surface area (Å²) in [6, 6.07) is 0.944. The van der Waals surface area contributed by atoms with Gasteiger partial charge in [0.1, 0.15) is 0 Å². The molecule has 0 unspecified atom stereocenters. The molecule has 0 aromatic carbocycles. The standard InChI is InChI=1S/C8H14O3Si/c1-7(2)8(9)11-5-4-6-12-10-3/h1,4-6H2,2-3H3. The SMILES string of the molecule is C=C(C)C(=O)OCCC[Si]OC. The van der Waals surface area contributed by atoms with E-state index in [1.165, 1.54) is 0 Å². The van der Waals surface area contributed by atoms with Gasteiger partial charge < -0.3 is 9.16 Å². The van der Waals surface area contributed by atoms with Gasteiger partial charge in [-0.3, -0.25) is 0 Å². The zero-order valence-electron chi connectivity index (χ0n) is 7.55. The molecule has 4 heteroatoms. The van der Waals surface area contributed by atoms with Gasteiger partial charge in [0.15, 0.2) is 0 Å². The van der Waals surface area contributed by atoms with Gasteiger partial charge in [0.25, 0.3) is 0 Å². The molecule has 0 bridgehead atoms. The van der Waals surface area contributed by atoms with Gasteiger partial charge in [-0.25, -0.2) is 4.79 Å². The van der Waals surface area contributed by atoms with Crippen molar-refractivity contribution < 1.29 is 14.0 Å². The van der Waals surface area contributed by atoms with Crippen LogP contribution in [0.4, 0.5) is 0 Å². The van der Waals surface area contributed by atoms with Gasteiger partial charge >= 0.3 is 5.97 Å². The number of rotatable bonds is 6. The van der Waals surface area contributed by atoms with Crippen molar-refractivity contribution in [3.63, 3.8) is 0 Å². The first-order chi connectivity index (χ1) is 5.68. The summed E-state index contributed by atoms with van der Waals surface area (Å²) in [7, 11) is 2.16. The van der Waals surface area contributed by atoms with E-state index in [-0.39, 0.29) is 5.97 Å². The Morgan fingerprint density at radius 1 is 1.58 bits per heavy atom. The molecular formula is C8H14O3Si. The van der Waals surface area contributed by atoms with E-state index in [0.717, 1.165) is 12.5 Å². The average molecular weight is 186 g/mol. The molecule has 12 heavy (non-hydrogen) atoms. The van der Waals surface area contributed by atoms with E-state index in [2.05, 4.69) is 6.58 Å². The van der Waals surface area contributed by atoms with Crippen LogP contribution in [0.3, 0.4) is 0 Å². The van der Waals surface area contributed by atoms with Gasteiger partial charge in [0, 0.05) is 12.7 Å². The molecule has 0 atom stereocenters. The fraction of sp³-hybridized carbons (Fsp3) is 0.625. The predicted molar refractivity (Wildman–Crippen MR) is 48.0 cm³/mol. The van der Waals surface area contributed by atoms with Crippen LogP contribution in [0.1, 0.15) is 13.3 Å². The lowest BCUT2D eigenvalue weighted by molar-refractivity contribution is -0.138. The minimum absolute atomic E-state index is 0.309. The van der Waals surface area contributed by atoms with E-state index in [9.17, 15) is 4.79 Å². The largest absolute Gasteiger partial charge is 0.462 e. The molecule has 0 rings (SSSR count). The highest BCUT2D eigenvalue weighted by atomic mass is 28.2. The van der Waals surface area contributed by atoms with Gasteiger partial charge in [-0.05, 0) is 19.4 Å². The quantitative estimate of drug-likeness (QED) is 0.270. The van der Waals surface area contributed by atoms with Crippen LogP contribution < -0.4 is 0 Å². The van der Waals surface area contributed by atoms with Crippen molar-refractivity contribution in [2.45, 2.75) is 19.4 Å². The molecule has 0 saturated carbocycles. The van der Waals surface area contributed by atoms with E-state index in [1.54, 1.807) is 14.0 Å². The van der Waals surface area contributed by atoms with Crippen molar-refractivity contribution in [1.82, 2.24) is 0 Å². The van der Waals surface area contributed by atoms with E-state index >= 15 is 0 Å². The zero-order valence-corrected chi connectivity index (χ0v) is 8.55. The summed E-state index contributed by atoms with van der Waals surface area (Å²) in [5.41, 5.74) is 0.448. The van der Waals surface area contributed by atoms with Gasteiger partial charge in [-0.2, -0.15) is 0 Å². The van der Waals surface area contributed by atoms with E-state index in [4.69, 9.17) is 9.16 Å². The lowest BCUT2D eigenvalue weighted by atomic mass is 10.4. The van der Waals surface area contributed by atoms with Gasteiger partial charge in [0.2, 0.25) is 9.76 Å². The smallest absolute Gasteiger partial charge is 0.333 e. The van der Waals surface area contributed by atoms with Crippen molar-refractivity contribution >= 4 is 15.7 Å². The second kappa shape index (κ2) is 7.06. The topological polar surface area (TPSA) is 35.5 Å². The molecule has 68 valence electrons. The second-order valence-electron chi connectivity index (χ2n) is 2.37. The molecule has 3 nitrogen and oxygen atoms in total. The Hall–Kier alpha value is -0.613. The van der Waals surface area contributed by atoms with E-state index in [1.807, 2.05) is 0 Å². The molecule has 0 amide bonds. The summed E-state index contributed by atoms with van der Waals surface area (Å²) in [4.78, 5) is 10.8. The van der Waals surface area contributed by atoms with Gasteiger partial charge in [-0.1, -0.05) is 6.58 Å². The second-order valence-corrected chi connectivity index (χ2v) is 3.57. The number of hydrogen-bond acceptors (Lipinski definition) is 3. The molecule has 0 aliphatic carbocycles. The molecule has 0 fully saturated rings. The zero-order chi connectivity index (χ0) is 9.40. The Kier molecular flexibility index (Phi) is 6.70. The summed E-state index contributed by atoms with van der Waals surface area (Å²) in [5, 5.41) is 0. The van der Waals surface area contributed by atoms with Crippen LogP contribution in [-0.2, 0) is 14.0 Å². The molecule has 0 aliphatic rings. The molecule has 0 aliphatic heterocycles. The van der Waals surface area contributed by atoms with Crippen LogP contribution in [0.2, 0.25) is 6.04 Å². The third-order valence-corrected chi connectivity index (χ3v) is 2.00. The van der Waals surface area contributed by atoms with Crippen molar-refractivity contribution in [1.29, 1.82) is 0 Å². The highest BCUT2D eigenvalue weighted by Crippen LogP contribution is 1.95. The highest BCUT2D eigenvalue weighted by molar-refractivity contribution is 6.26. The van der Waals surface area contributed by atoms with Crippen LogP contribution in [0.15, 0.2) is 12.2 Å². The fourth-order valence-corrected chi connectivity index (χ4v) is 1.03. The molecule has 0 spiro atoms. The maximum atomic E-state index is 10.8. The minimum Gasteiger partial charge on any atom is -0.462 e. The highest BCUT2D eigenvalue weighted by Gasteiger charge is 2.01. The third kappa shape index (κ3) is 6.12. The summed E-state index contributed by atoms with van der Waals surface area (Å²) >= 11 is 0. The van der Waals surface area contributed by atoms with E-state index < -0.39 is 0 Å².